The molecule has 0 fully saturated rings. The number of rotatable bonds is 5. The lowest BCUT2D eigenvalue weighted by Crippen LogP contribution is -2.22. The van der Waals surface area contributed by atoms with Crippen LogP contribution >= 0.6 is 0 Å². The maximum atomic E-state index is 8.83. The number of aryl methyl sites for hydroxylation is 2. The molecule has 1 aromatic heterocycles. The molecular formula is C11H19N3O. The summed E-state index contributed by atoms with van der Waals surface area (Å²) in [5.74, 6) is 0. The number of hydrogen-bond donors (Lipinski definition) is 1. The lowest BCUT2D eigenvalue weighted by Gasteiger charge is -2.16. The lowest BCUT2D eigenvalue weighted by molar-refractivity contribution is 0.217. The van der Waals surface area contributed by atoms with Crippen molar-refractivity contribution in [2.75, 3.05) is 20.2 Å². The molecule has 0 aliphatic heterocycles. The molecule has 84 valence electrons. The smallest absolute Gasteiger partial charge is 0.0673 e. The Labute approximate surface area is 90.9 Å². The Balaban J connectivity index is 2.77. The van der Waals surface area contributed by atoms with E-state index in [-0.39, 0.29) is 6.61 Å². The van der Waals surface area contributed by atoms with Crippen LogP contribution < -0.4 is 0 Å². The van der Waals surface area contributed by atoms with Crippen molar-refractivity contribution < 1.29 is 5.11 Å². The summed E-state index contributed by atoms with van der Waals surface area (Å²) in [7, 11) is 1.99. The SMILES string of the molecule is CCc1nnc(C)cc1CN(C)CCO. The first-order valence-electron chi connectivity index (χ1n) is 5.28. The summed E-state index contributed by atoms with van der Waals surface area (Å²) < 4.78 is 0. The van der Waals surface area contributed by atoms with E-state index in [4.69, 9.17) is 5.11 Å². The van der Waals surface area contributed by atoms with Crippen LogP contribution in [0.3, 0.4) is 0 Å². The van der Waals surface area contributed by atoms with Crippen LogP contribution in [-0.4, -0.2) is 40.4 Å². The molecule has 0 radical (unpaired) electrons. The van der Waals surface area contributed by atoms with Crippen LogP contribution in [0.1, 0.15) is 23.9 Å². The van der Waals surface area contributed by atoms with Gasteiger partial charge >= 0.3 is 0 Å². The van der Waals surface area contributed by atoms with E-state index in [9.17, 15) is 0 Å². The molecule has 1 N–H and O–H groups in total. The van der Waals surface area contributed by atoms with Gasteiger partial charge in [0.25, 0.3) is 0 Å². The first-order chi connectivity index (χ1) is 7.17. The molecule has 0 aliphatic rings. The van der Waals surface area contributed by atoms with Crippen LogP contribution in [0.2, 0.25) is 0 Å². The van der Waals surface area contributed by atoms with E-state index in [1.807, 2.05) is 14.0 Å². The number of hydrogen-bond acceptors (Lipinski definition) is 4. The van der Waals surface area contributed by atoms with Gasteiger partial charge in [-0.05, 0) is 32.0 Å². The lowest BCUT2D eigenvalue weighted by atomic mass is 10.1. The summed E-state index contributed by atoms with van der Waals surface area (Å²) in [6, 6.07) is 2.07. The third-order valence-electron chi connectivity index (χ3n) is 2.34. The highest BCUT2D eigenvalue weighted by Crippen LogP contribution is 2.09. The minimum Gasteiger partial charge on any atom is -0.395 e. The predicted octanol–water partition coefficient (Wildman–Crippen LogP) is 0.772. The van der Waals surface area contributed by atoms with Gasteiger partial charge in [-0.2, -0.15) is 10.2 Å². The van der Waals surface area contributed by atoms with E-state index in [0.29, 0.717) is 6.54 Å². The molecule has 0 atom stereocenters. The second-order valence-corrected chi connectivity index (χ2v) is 3.77. The first kappa shape index (κ1) is 12.1. The summed E-state index contributed by atoms with van der Waals surface area (Å²) in [4.78, 5) is 2.08. The van der Waals surface area contributed by atoms with Crippen molar-refractivity contribution in [2.24, 2.45) is 0 Å². The van der Waals surface area contributed by atoms with Gasteiger partial charge in [-0.25, -0.2) is 0 Å². The highest BCUT2D eigenvalue weighted by Gasteiger charge is 2.06. The Morgan fingerprint density at radius 1 is 1.40 bits per heavy atom. The Morgan fingerprint density at radius 2 is 2.13 bits per heavy atom. The molecule has 1 heterocycles. The average molecular weight is 209 g/mol. The second-order valence-electron chi connectivity index (χ2n) is 3.77. The average Bonchev–Trinajstić information content (AvgIpc) is 2.18. The van der Waals surface area contributed by atoms with Crippen molar-refractivity contribution in [3.8, 4) is 0 Å². The van der Waals surface area contributed by atoms with Crippen molar-refractivity contribution in [1.29, 1.82) is 0 Å². The number of nitrogens with zero attached hydrogens (tertiary/aromatic N) is 3. The van der Waals surface area contributed by atoms with Gasteiger partial charge < -0.3 is 5.11 Å². The van der Waals surface area contributed by atoms with Crippen molar-refractivity contribution in [3.05, 3.63) is 23.0 Å². The summed E-state index contributed by atoms with van der Waals surface area (Å²) in [6.07, 6.45) is 0.898. The van der Waals surface area contributed by atoms with Gasteiger partial charge in [-0.15, -0.1) is 0 Å². The number of aliphatic hydroxyl groups is 1. The molecule has 0 unspecified atom stereocenters. The fourth-order valence-corrected chi connectivity index (χ4v) is 1.54. The van der Waals surface area contributed by atoms with Gasteiger partial charge in [0, 0.05) is 13.1 Å². The van der Waals surface area contributed by atoms with Crippen LogP contribution in [0.25, 0.3) is 0 Å². The molecule has 0 spiro atoms. The fourth-order valence-electron chi connectivity index (χ4n) is 1.54. The van der Waals surface area contributed by atoms with E-state index < -0.39 is 0 Å². The highest BCUT2D eigenvalue weighted by atomic mass is 16.3. The van der Waals surface area contributed by atoms with E-state index in [2.05, 4.69) is 28.1 Å². The van der Waals surface area contributed by atoms with E-state index in [1.165, 1.54) is 5.56 Å². The largest absolute Gasteiger partial charge is 0.395 e. The molecule has 1 aromatic rings. The summed E-state index contributed by atoms with van der Waals surface area (Å²) in [5.41, 5.74) is 3.20. The third kappa shape index (κ3) is 3.57. The summed E-state index contributed by atoms with van der Waals surface area (Å²) in [5, 5.41) is 17.0. The van der Waals surface area contributed by atoms with Crippen LogP contribution in [0, 0.1) is 6.92 Å². The molecule has 4 nitrogen and oxygen atoms in total. The van der Waals surface area contributed by atoms with Crippen LogP contribution in [0.15, 0.2) is 6.07 Å². The quantitative estimate of drug-likeness (QED) is 0.778. The van der Waals surface area contributed by atoms with Gasteiger partial charge in [0.05, 0.1) is 18.0 Å². The van der Waals surface area contributed by atoms with E-state index in [1.54, 1.807) is 0 Å². The van der Waals surface area contributed by atoms with Crippen LogP contribution in [0.4, 0.5) is 0 Å². The van der Waals surface area contributed by atoms with Crippen molar-refractivity contribution >= 4 is 0 Å². The minimum absolute atomic E-state index is 0.190. The number of aliphatic hydroxyl groups excluding tert-OH is 1. The topological polar surface area (TPSA) is 49.2 Å². The van der Waals surface area contributed by atoms with Gasteiger partial charge in [-0.3, -0.25) is 4.90 Å². The zero-order valence-corrected chi connectivity index (χ0v) is 9.69. The van der Waals surface area contributed by atoms with E-state index >= 15 is 0 Å². The molecule has 4 heteroatoms. The molecule has 0 saturated carbocycles. The molecular weight excluding hydrogens is 190 g/mol. The summed E-state index contributed by atoms with van der Waals surface area (Å²) in [6.45, 7) is 5.72. The zero-order valence-electron chi connectivity index (χ0n) is 9.69. The Kier molecular flexibility index (Phi) is 4.65. The zero-order chi connectivity index (χ0) is 11.3. The number of likely N-dealkylation sites (N-methyl/N-ethyl adjacent to an activating group) is 1. The molecule has 1 rings (SSSR count). The van der Waals surface area contributed by atoms with Gasteiger partial charge in [0.15, 0.2) is 0 Å². The first-order valence-corrected chi connectivity index (χ1v) is 5.28. The second kappa shape index (κ2) is 5.78. The van der Waals surface area contributed by atoms with Crippen molar-refractivity contribution in [3.63, 3.8) is 0 Å². The fraction of sp³-hybridized carbons (Fsp3) is 0.636. The van der Waals surface area contributed by atoms with Gasteiger partial charge in [0.1, 0.15) is 0 Å². The summed E-state index contributed by atoms with van der Waals surface area (Å²) >= 11 is 0. The van der Waals surface area contributed by atoms with Crippen LogP contribution in [-0.2, 0) is 13.0 Å². The van der Waals surface area contributed by atoms with Crippen LogP contribution in [0.5, 0.6) is 0 Å². The monoisotopic (exact) mass is 209 g/mol. The molecule has 0 aliphatic carbocycles. The Morgan fingerprint density at radius 3 is 2.73 bits per heavy atom. The predicted molar refractivity (Wildman–Crippen MR) is 59.6 cm³/mol. The van der Waals surface area contributed by atoms with Crippen molar-refractivity contribution in [2.45, 2.75) is 26.8 Å². The van der Waals surface area contributed by atoms with Crippen molar-refractivity contribution in [1.82, 2.24) is 15.1 Å². The molecule has 0 amide bonds. The van der Waals surface area contributed by atoms with E-state index in [0.717, 1.165) is 24.4 Å². The third-order valence-corrected chi connectivity index (χ3v) is 2.34. The standard InChI is InChI=1S/C11H19N3O/c1-4-11-10(7-9(2)12-13-11)8-14(3)5-6-15/h7,15H,4-6,8H2,1-3H3. The minimum atomic E-state index is 0.190. The maximum absolute atomic E-state index is 8.83. The van der Waals surface area contributed by atoms with Gasteiger partial charge in [0.2, 0.25) is 0 Å². The Bertz CT molecular complexity index is 315. The molecule has 15 heavy (non-hydrogen) atoms. The maximum Gasteiger partial charge on any atom is 0.0673 e. The highest BCUT2D eigenvalue weighted by molar-refractivity contribution is 5.20. The normalized spacial score (nSPS) is 11.0. The molecule has 0 bridgehead atoms. The van der Waals surface area contributed by atoms with Gasteiger partial charge in [-0.1, -0.05) is 6.92 Å². The Hall–Kier alpha value is -1.00. The number of aromatic nitrogens is 2. The molecule has 0 aromatic carbocycles. The molecule has 0 saturated heterocycles.